The lowest BCUT2D eigenvalue weighted by molar-refractivity contribution is -0.127. The molecule has 1 fully saturated rings. The zero-order chi connectivity index (χ0) is 28.2. The van der Waals surface area contributed by atoms with E-state index in [0.29, 0.717) is 29.3 Å². The van der Waals surface area contributed by atoms with E-state index >= 15 is 0 Å². The summed E-state index contributed by atoms with van der Waals surface area (Å²) in [6.45, 7) is 6.44. The maximum atomic E-state index is 13.7. The Kier molecular flexibility index (Phi) is 8.79. The molecule has 1 saturated carbocycles. The number of hydrogen-bond acceptors (Lipinski definition) is 5. The van der Waals surface area contributed by atoms with Gasteiger partial charge in [-0.1, -0.05) is 35.9 Å². The molecule has 4 rings (SSSR count). The van der Waals surface area contributed by atoms with Crippen LogP contribution in [-0.4, -0.2) is 46.8 Å². The van der Waals surface area contributed by atoms with Gasteiger partial charge in [0.15, 0.2) is 0 Å². The van der Waals surface area contributed by atoms with E-state index in [1.807, 2.05) is 51.1 Å². The van der Waals surface area contributed by atoms with Crippen LogP contribution in [0.3, 0.4) is 0 Å². The molecule has 8 heteroatoms. The third-order valence-corrected chi connectivity index (χ3v) is 6.89. The molecule has 2 aromatic carbocycles. The highest BCUT2D eigenvalue weighted by Crippen LogP contribution is 2.32. The molecule has 3 aromatic rings. The van der Waals surface area contributed by atoms with Gasteiger partial charge in [0.2, 0.25) is 0 Å². The molecule has 0 unspecified atom stereocenters. The van der Waals surface area contributed by atoms with E-state index < -0.39 is 11.7 Å². The summed E-state index contributed by atoms with van der Waals surface area (Å²) in [5.74, 6) is -0.329. The molecule has 204 valence electrons. The monoisotopic (exact) mass is 547 g/mol. The number of fused-ring (bicyclic) bond motifs is 1. The van der Waals surface area contributed by atoms with Gasteiger partial charge in [-0.3, -0.25) is 9.36 Å². The highest BCUT2D eigenvalue weighted by atomic mass is 35.5. The van der Waals surface area contributed by atoms with Gasteiger partial charge in [0, 0.05) is 42.9 Å². The van der Waals surface area contributed by atoms with Crippen molar-refractivity contribution in [3.8, 4) is 6.07 Å². The van der Waals surface area contributed by atoms with Gasteiger partial charge >= 0.3 is 6.09 Å². The Bertz CT molecular complexity index is 1440. The van der Waals surface area contributed by atoms with E-state index in [2.05, 4.69) is 6.07 Å². The van der Waals surface area contributed by atoms with Crippen LogP contribution in [0.5, 0.6) is 0 Å². The second-order valence-corrected chi connectivity index (χ2v) is 11.2. The maximum Gasteiger partial charge on any atom is 0.418 e. The molecule has 0 saturated heterocycles. The smallest absolute Gasteiger partial charge is 0.418 e. The van der Waals surface area contributed by atoms with Gasteiger partial charge in [0.1, 0.15) is 17.2 Å². The van der Waals surface area contributed by atoms with Crippen LogP contribution < -0.4 is 0 Å². The first kappa shape index (κ1) is 28.4. The number of halogens is 1. The third kappa shape index (κ3) is 7.08. The Morgan fingerprint density at radius 2 is 1.97 bits per heavy atom. The molecule has 0 atom stereocenters. The van der Waals surface area contributed by atoms with Gasteiger partial charge in [-0.2, -0.15) is 5.26 Å². The van der Waals surface area contributed by atoms with Gasteiger partial charge in [0.25, 0.3) is 5.91 Å². The molecule has 39 heavy (non-hydrogen) atoms. The van der Waals surface area contributed by atoms with Gasteiger partial charge in [-0.15, -0.1) is 0 Å². The number of nitrogens with zero attached hydrogens (tertiary/aromatic N) is 3. The Hall–Kier alpha value is -3.60. The number of carbonyl (C=O) groups excluding carboxylic acids is 2. The van der Waals surface area contributed by atoms with Crippen LogP contribution in [0.2, 0.25) is 5.02 Å². The molecular weight excluding hydrogens is 514 g/mol. The van der Waals surface area contributed by atoms with Crippen LogP contribution in [0.1, 0.15) is 56.7 Å². The second kappa shape index (κ2) is 12.1. The van der Waals surface area contributed by atoms with Crippen LogP contribution in [-0.2, 0) is 27.2 Å². The molecule has 1 aliphatic rings. The number of benzene rings is 2. The topological polar surface area (TPSA) is 84.6 Å². The number of aromatic nitrogens is 1. The standard InChI is InChI=1S/C31H34ClN3O4/c1-31(2,3)39-30(37)34-15-14-26-22(8-5-9-28(26)34)18-23(19-33)29(36)35(25-11-12-25)20-24-17-21(7-6-16-38-4)10-13-27(24)32/h5,8-10,13-15,17-18,25H,6-7,11-12,16,20H2,1-4H3/b23-18+. The summed E-state index contributed by atoms with van der Waals surface area (Å²) in [6, 6.07) is 15.3. The number of rotatable bonds is 9. The molecule has 0 bridgehead atoms. The lowest BCUT2D eigenvalue weighted by Gasteiger charge is -2.23. The Morgan fingerprint density at radius 3 is 2.64 bits per heavy atom. The molecule has 1 aliphatic carbocycles. The van der Waals surface area contributed by atoms with Crippen molar-refractivity contribution in [2.24, 2.45) is 0 Å². The fourth-order valence-corrected chi connectivity index (χ4v) is 4.68. The normalized spacial score (nSPS) is 13.8. The minimum atomic E-state index is -0.635. The summed E-state index contributed by atoms with van der Waals surface area (Å²) < 4.78 is 12.1. The number of aryl methyl sites for hydroxylation is 1. The Balaban J connectivity index is 1.61. The summed E-state index contributed by atoms with van der Waals surface area (Å²) in [5.41, 5.74) is 2.70. The largest absolute Gasteiger partial charge is 0.443 e. The first-order chi connectivity index (χ1) is 18.6. The van der Waals surface area contributed by atoms with Crippen LogP contribution in [0, 0.1) is 11.3 Å². The highest BCUT2D eigenvalue weighted by Gasteiger charge is 2.34. The van der Waals surface area contributed by atoms with E-state index in [1.165, 1.54) is 4.57 Å². The lowest BCUT2D eigenvalue weighted by Crippen LogP contribution is -2.33. The first-order valence-electron chi connectivity index (χ1n) is 13.1. The minimum absolute atomic E-state index is 0.0341. The van der Waals surface area contributed by atoms with Crippen molar-refractivity contribution in [3.05, 3.63) is 75.9 Å². The van der Waals surface area contributed by atoms with E-state index in [-0.39, 0.29) is 17.5 Å². The van der Waals surface area contributed by atoms with Crippen molar-refractivity contribution in [1.29, 1.82) is 5.26 Å². The van der Waals surface area contributed by atoms with Crippen LogP contribution >= 0.6 is 11.6 Å². The summed E-state index contributed by atoms with van der Waals surface area (Å²) in [4.78, 5) is 28.1. The second-order valence-electron chi connectivity index (χ2n) is 10.8. The van der Waals surface area contributed by atoms with Crippen molar-refractivity contribution in [2.45, 2.75) is 64.6 Å². The molecule has 0 aliphatic heterocycles. The highest BCUT2D eigenvalue weighted by molar-refractivity contribution is 6.31. The molecular formula is C31H34ClN3O4. The number of ether oxygens (including phenoxy) is 2. The molecule has 1 heterocycles. The SMILES string of the molecule is COCCCc1ccc(Cl)c(CN(C(=O)/C(C#N)=C/c2cccc3c2ccn3C(=O)OC(C)(C)C)C2CC2)c1. The molecule has 0 spiro atoms. The van der Waals surface area contributed by atoms with Crippen molar-refractivity contribution >= 4 is 40.6 Å². The van der Waals surface area contributed by atoms with Gasteiger partial charge < -0.3 is 14.4 Å². The average Bonchev–Trinajstić information content (AvgIpc) is 3.63. The van der Waals surface area contributed by atoms with Crippen molar-refractivity contribution < 1.29 is 19.1 Å². The Morgan fingerprint density at radius 1 is 1.21 bits per heavy atom. The zero-order valence-corrected chi connectivity index (χ0v) is 23.6. The molecule has 1 aromatic heterocycles. The Labute approximate surface area is 234 Å². The van der Waals surface area contributed by atoms with Crippen molar-refractivity contribution in [3.63, 3.8) is 0 Å². The summed E-state index contributed by atoms with van der Waals surface area (Å²) in [6.07, 6.45) is 6.28. The number of nitriles is 1. The van der Waals surface area contributed by atoms with Crippen molar-refractivity contribution in [1.82, 2.24) is 9.47 Å². The zero-order valence-electron chi connectivity index (χ0n) is 22.9. The summed E-state index contributed by atoms with van der Waals surface area (Å²) in [7, 11) is 1.68. The van der Waals surface area contributed by atoms with Gasteiger partial charge in [0.05, 0.1) is 5.52 Å². The first-order valence-corrected chi connectivity index (χ1v) is 13.5. The van der Waals surface area contributed by atoms with Crippen LogP contribution in [0.15, 0.2) is 54.2 Å². The van der Waals surface area contributed by atoms with Crippen LogP contribution in [0.4, 0.5) is 4.79 Å². The van der Waals surface area contributed by atoms with E-state index in [4.69, 9.17) is 21.1 Å². The third-order valence-electron chi connectivity index (χ3n) is 6.52. The summed E-state index contributed by atoms with van der Waals surface area (Å²) >= 11 is 6.53. The predicted octanol–water partition coefficient (Wildman–Crippen LogP) is 6.76. The number of carbonyl (C=O) groups is 2. The fourth-order valence-electron chi connectivity index (χ4n) is 4.50. The lowest BCUT2D eigenvalue weighted by atomic mass is 10.0. The summed E-state index contributed by atoms with van der Waals surface area (Å²) in [5, 5.41) is 11.3. The predicted molar refractivity (Wildman–Crippen MR) is 152 cm³/mol. The molecule has 0 N–H and O–H groups in total. The molecule has 7 nitrogen and oxygen atoms in total. The van der Waals surface area contributed by atoms with E-state index in [9.17, 15) is 14.9 Å². The van der Waals surface area contributed by atoms with Gasteiger partial charge in [-0.25, -0.2) is 4.79 Å². The maximum absolute atomic E-state index is 13.7. The number of hydrogen-bond donors (Lipinski definition) is 0. The average molecular weight is 548 g/mol. The van der Waals surface area contributed by atoms with Crippen molar-refractivity contribution in [2.75, 3.05) is 13.7 Å². The number of amides is 1. The minimum Gasteiger partial charge on any atom is -0.443 e. The van der Waals surface area contributed by atoms with E-state index in [0.717, 1.165) is 42.2 Å². The quantitative estimate of drug-likeness (QED) is 0.168. The van der Waals surface area contributed by atoms with E-state index in [1.54, 1.807) is 36.4 Å². The number of methoxy groups -OCH3 is 1. The molecule has 0 radical (unpaired) electrons. The fraction of sp³-hybridized carbons (Fsp3) is 0.387. The molecule has 1 amide bonds. The van der Waals surface area contributed by atoms with Crippen LogP contribution in [0.25, 0.3) is 17.0 Å². The van der Waals surface area contributed by atoms with Gasteiger partial charge in [-0.05, 0) is 87.4 Å².